The van der Waals surface area contributed by atoms with E-state index in [4.69, 9.17) is 4.74 Å². The number of hydrogen-bond donors (Lipinski definition) is 2. The average molecular weight is 285 g/mol. The van der Waals surface area contributed by atoms with Gasteiger partial charge in [0.2, 0.25) is 5.91 Å². The molecule has 2 rings (SSSR count). The Morgan fingerprint density at radius 1 is 1.37 bits per heavy atom. The van der Waals surface area contributed by atoms with Gasteiger partial charge in [0, 0.05) is 26.2 Å². The van der Waals surface area contributed by atoms with Crippen molar-refractivity contribution < 1.29 is 9.53 Å². The van der Waals surface area contributed by atoms with Crippen LogP contribution in [0.25, 0.3) is 0 Å². The number of carbonyl (C=O) groups excluding carboxylic acids is 1. The lowest BCUT2D eigenvalue weighted by Crippen LogP contribution is -2.27. The van der Waals surface area contributed by atoms with Crippen molar-refractivity contribution >= 4 is 18.3 Å². The van der Waals surface area contributed by atoms with Gasteiger partial charge in [0.15, 0.2) is 0 Å². The largest absolute Gasteiger partial charge is 0.372 e. The third-order valence-corrected chi connectivity index (χ3v) is 2.97. The Morgan fingerprint density at radius 3 is 2.95 bits per heavy atom. The zero-order valence-corrected chi connectivity index (χ0v) is 12.0. The average Bonchev–Trinajstić information content (AvgIpc) is 2.84. The standard InChI is InChI=1S/C14H20N2O2.ClH/c1-2-5-18-10-14(17)16-7-11-3-4-12-8-15-9-13(12)6-11;/h3-4,6,15H,2,5,7-10H2,1H3,(H,16,17);1H. The molecule has 0 fully saturated rings. The van der Waals surface area contributed by atoms with Gasteiger partial charge in [-0.1, -0.05) is 25.1 Å². The Balaban J connectivity index is 0.00000180. The second kappa shape index (κ2) is 8.15. The molecule has 0 unspecified atom stereocenters. The molecule has 0 radical (unpaired) electrons. The summed E-state index contributed by atoms with van der Waals surface area (Å²) in [5, 5.41) is 6.17. The van der Waals surface area contributed by atoms with Crippen LogP contribution in [0.4, 0.5) is 0 Å². The predicted octanol–water partition coefficient (Wildman–Crippen LogP) is 1.75. The van der Waals surface area contributed by atoms with Crippen LogP contribution in [0, 0.1) is 0 Å². The maximum Gasteiger partial charge on any atom is 0.246 e. The summed E-state index contributed by atoms with van der Waals surface area (Å²) >= 11 is 0. The first-order chi connectivity index (χ1) is 8.79. The molecule has 1 heterocycles. The van der Waals surface area contributed by atoms with E-state index in [0.29, 0.717) is 13.2 Å². The van der Waals surface area contributed by atoms with Crippen molar-refractivity contribution in [1.29, 1.82) is 0 Å². The van der Waals surface area contributed by atoms with Gasteiger partial charge in [0.1, 0.15) is 6.61 Å². The lowest BCUT2D eigenvalue weighted by molar-refractivity contribution is -0.125. The number of nitrogens with one attached hydrogen (secondary N) is 2. The molecule has 106 valence electrons. The summed E-state index contributed by atoms with van der Waals surface area (Å²) < 4.78 is 5.18. The SMILES string of the molecule is CCCOCC(=O)NCc1ccc2c(c1)CNC2.Cl. The molecule has 1 aromatic carbocycles. The Labute approximate surface area is 120 Å². The third-order valence-electron chi connectivity index (χ3n) is 2.97. The van der Waals surface area contributed by atoms with Crippen LogP contribution in [-0.4, -0.2) is 19.1 Å². The molecule has 0 aromatic heterocycles. The van der Waals surface area contributed by atoms with E-state index in [2.05, 4.69) is 28.8 Å². The van der Waals surface area contributed by atoms with E-state index in [1.807, 2.05) is 6.92 Å². The van der Waals surface area contributed by atoms with Crippen LogP contribution >= 0.6 is 12.4 Å². The van der Waals surface area contributed by atoms with Gasteiger partial charge in [-0.3, -0.25) is 4.79 Å². The van der Waals surface area contributed by atoms with E-state index in [9.17, 15) is 4.79 Å². The normalized spacial score (nSPS) is 12.7. The topological polar surface area (TPSA) is 50.4 Å². The molecule has 1 aliphatic rings. The van der Waals surface area contributed by atoms with Crippen molar-refractivity contribution in [1.82, 2.24) is 10.6 Å². The van der Waals surface area contributed by atoms with Crippen molar-refractivity contribution in [2.45, 2.75) is 33.0 Å². The summed E-state index contributed by atoms with van der Waals surface area (Å²) in [6.07, 6.45) is 0.936. The van der Waals surface area contributed by atoms with Crippen LogP contribution in [0.1, 0.15) is 30.0 Å². The number of rotatable bonds is 6. The molecule has 19 heavy (non-hydrogen) atoms. The Bertz CT molecular complexity index is 424. The van der Waals surface area contributed by atoms with Gasteiger partial charge >= 0.3 is 0 Å². The molecular weight excluding hydrogens is 264 g/mol. The van der Waals surface area contributed by atoms with E-state index in [1.165, 1.54) is 11.1 Å². The van der Waals surface area contributed by atoms with Gasteiger partial charge in [-0.2, -0.15) is 0 Å². The van der Waals surface area contributed by atoms with Crippen molar-refractivity contribution in [3.05, 3.63) is 34.9 Å². The molecule has 5 heteroatoms. The minimum Gasteiger partial charge on any atom is -0.372 e. The van der Waals surface area contributed by atoms with Gasteiger partial charge in [-0.25, -0.2) is 0 Å². The maximum absolute atomic E-state index is 11.5. The lowest BCUT2D eigenvalue weighted by Gasteiger charge is -2.07. The number of hydrogen-bond acceptors (Lipinski definition) is 3. The smallest absolute Gasteiger partial charge is 0.246 e. The number of amides is 1. The Kier molecular flexibility index (Phi) is 6.84. The second-order valence-corrected chi connectivity index (χ2v) is 4.54. The van der Waals surface area contributed by atoms with Crippen LogP contribution in [0.3, 0.4) is 0 Å². The second-order valence-electron chi connectivity index (χ2n) is 4.54. The third kappa shape index (κ3) is 4.82. The first-order valence-electron chi connectivity index (χ1n) is 6.45. The molecule has 0 saturated carbocycles. The monoisotopic (exact) mass is 284 g/mol. The van der Waals surface area contributed by atoms with Gasteiger partial charge in [-0.05, 0) is 23.1 Å². The molecular formula is C14H21ClN2O2. The summed E-state index contributed by atoms with van der Waals surface area (Å²) in [6.45, 7) is 5.26. The van der Waals surface area contributed by atoms with E-state index < -0.39 is 0 Å². The van der Waals surface area contributed by atoms with E-state index >= 15 is 0 Å². The predicted molar refractivity (Wildman–Crippen MR) is 77.2 cm³/mol. The quantitative estimate of drug-likeness (QED) is 0.783. The first-order valence-corrected chi connectivity index (χ1v) is 6.45. The van der Waals surface area contributed by atoms with Crippen molar-refractivity contribution in [2.24, 2.45) is 0 Å². The van der Waals surface area contributed by atoms with Crippen molar-refractivity contribution in [2.75, 3.05) is 13.2 Å². The molecule has 4 nitrogen and oxygen atoms in total. The van der Waals surface area contributed by atoms with Crippen LogP contribution in [-0.2, 0) is 29.2 Å². The Morgan fingerprint density at radius 2 is 2.16 bits per heavy atom. The fourth-order valence-corrected chi connectivity index (χ4v) is 2.02. The molecule has 0 atom stereocenters. The highest BCUT2D eigenvalue weighted by Crippen LogP contribution is 2.16. The van der Waals surface area contributed by atoms with Crippen LogP contribution < -0.4 is 10.6 Å². The number of benzene rings is 1. The number of ether oxygens (including phenoxy) is 1. The summed E-state index contributed by atoms with van der Waals surface area (Å²) in [7, 11) is 0. The van der Waals surface area contributed by atoms with Crippen LogP contribution in [0.5, 0.6) is 0 Å². The fourth-order valence-electron chi connectivity index (χ4n) is 2.02. The molecule has 2 N–H and O–H groups in total. The summed E-state index contributed by atoms with van der Waals surface area (Å²) in [5.74, 6) is -0.0536. The lowest BCUT2D eigenvalue weighted by atomic mass is 10.1. The maximum atomic E-state index is 11.5. The highest BCUT2D eigenvalue weighted by molar-refractivity contribution is 5.85. The summed E-state index contributed by atoms with van der Waals surface area (Å²) in [6, 6.07) is 6.35. The van der Waals surface area contributed by atoms with E-state index in [0.717, 1.165) is 25.1 Å². The zero-order chi connectivity index (χ0) is 12.8. The van der Waals surface area contributed by atoms with Gasteiger partial charge in [0.05, 0.1) is 0 Å². The van der Waals surface area contributed by atoms with Crippen molar-refractivity contribution in [3.8, 4) is 0 Å². The van der Waals surface area contributed by atoms with E-state index in [1.54, 1.807) is 0 Å². The zero-order valence-electron chi connectivity index (χ0n) is 11.2. The molecule has 0 saturated heterocycles. The molecule has 0 aliphatic carbocycles. The minimum absolute atomic E-state index is 0. The highest BCUT2D eigenvalue weighted by atomic mass is 35.5. The Hall–Kier alpha value is -1.10. The van der Waals surface area contributed by atoms with Crippen LogP contribution in [0.2, 0.25) is 0 Å². The van der Waals surface area contributed by atoms with E-state index in [-0.39, 0.29) is 24.9 Å². The molecule has 1 amide bonds. The number of carbonyl (C=O) groups is 1. The van der Waals surface area contributed by atoms with Gasteiger partial charge in [0.25, 0.3) is 0 Å². The molecule has 0 spiro atoms. The number of halogens is 1. The van der Waals surface area contributed by atoms with Gasteiger partial charge in [-0.15, -0.1) is 12.4 Å². The van der Waals surface area contributed by atoms with Crippen LogP contribution in [0.15, 0.2) is 18.2 Å². The molecule has 1 aliphatic heterocycles. The minimum atomic E-state index is -0.0536. The summed E-state index contributed by atoms with van der Waals surface area (Å²) in [4.78, 5) is 11.5. The van der Waals surface area contributed by atoms with Gasteiger partial charge < -0.3 is 15.4 Å². The molecule has 0 bridgehead atoms. The van der Waals surface area contributed by atoms with Crippen molar-refractivity contribution in [3.63, 3.8) is 0 Å². The fraction of sp³-hybridized carbons (Fsp3) is 0.500. The number of fused-ring (bicyclic) bond motifs is 1. The molecule has 1 aromatic rings. The highest BCUT2D eigenvalue weighted by Gasteiger charge is 2.10. The summed E-state index contributed by atoms with van der Waals surface area (Å²) in [5.41, 5.74) is 3.83. The first kappa shape index (κ1) is 16.0.